The molecular weight excluding hydrogens is 534 g/mol. The summed E-state index contributed by atoms with van der Waals surface area (Å²) in [5.41, 5.74) is 8.93. The summed E-state index contributed by atoms with van der Waals surface area (Å²) < 4.78 is 0. The lowest BCUT2D eigenvalue weighted by Crippen LogP contribution is -2.31. The zero-order valence-electron chi connectivity index (χ0n) is 24.1. The van der Waals surface area contributed by atoms with E-state index in [9.17, 15) is 0 Å². The highest BCUT2D eigenvalue weighted by Crippen LogP contribution is 2.37. The van der Waals surface area contributed by atoms with Crippen LogP contribution in [0.25, 0.3) is 49.5 Å². The second kappa shape index (κ2) is 11.1. The van der Waals surface area contributed by atoms with Crippen LogP contribution in [0.3, 0.4) is 0 Å². The fourth-order valence-corrected chi connectivity index (χ4v) is 6.23. The minimum atomic E-state index is -0.0589. The summed E-state index contributed by atoms with van der Waals surface area (Å²) in [6, 6.07) is 51.5. The topological polar surface area (TPSA) is 37.3 Å². The van der Waals surface area contributed by atoms with Crippen molar-refractivity contribution < 1.29 is 0 Å². The van der Waals surface area contributed by atoms with E-state index < -0.39 is 0 Å². The van der Waals surface area contributed by atoms with Gasteiger partial charge in [-0.2, -0.15) is 0 Å². The number of aromatic nitrogens is 1. The van der Waals surface area contributed by atoms with Crippen molar-refractivity contribution in [2.45, 2.75) is 6.04 Å². The van der Waals surface area contributed by atoms with E-state index in [2.05, 4.69) is 150 Å². The van der Waals surface area contributed by atoms with Crippen LogP contribution in [0.5, 0.6) is 0 Å². The van der Waals surface area contributed by atoms with E-state index in [1.165, 1.54) is 38.2 Å². The highest BCUT2D eigenvalue weighted by molar-refractivity contribution is 6.13. The van der Waals surface area contributed by atoms with Gasteiger partial charge in [-0.15, -0.1) is 0 Å². The van der Waals surface area contributed by atoms with Gasteiger partial charge >= 0.3 is 0 Å². The van der Waals surface area contributed by atoms with Gasteiger partial charge in [0.1, 0.15) is 5.84 Å². The first-order valence-electron chi connectivity index (χ1n) is 14.9. The number of nitrogens with one attached hydrogen (secondary N) is 1. The van der Waals surface area contributed by atoms with E-state index in [4.69, 9.17) is 4.99 Å². The molecule has 0 radical (unpaired) electrons. The lowest BCUT2D eigenvalue weighted by atomic mass is 9.91. The first-order chi connectivity index (χ1) is 21.8. The van der Waals surface area contributed by atoms with E-state index >= 15 is 0 Å². The third-order valence-electron chi connectivity index (χ3n) is 8.36. The third-order valence-corrected chi connectivity index (χ3v) is 8.36. The standard InChI is InChI=1S/C41H29N3/c1-2-11-28(12-3-1)38-26-39(32-16-8-15-29(23-32)35-19-10-22-42-27-35)44-41(43-38)34-18-9-17-33(25-34)40-36-20-6-4-13-30(36)24-31-14-5-7-21-37(31)40/h1-27,39H,(H,43,44). The largest absolute Gasteiger partial charge is 0.359 e. The number of hydrogen-bond donors (Lipinski definition) is 1. The lowest BCUT2D eigenvalue weighted by Gasteiger charge is -2.25. The van der Waals surface area contributed by atoms with Crippen LogP contribution in [0.2, 0.25) is 0 Å². The summed E-state index contributed by atoms with van der Waals surface area (Å²) in [5, 5.41) is 8.75. The molecular formula is C41H29N3. The second-order valence-corrected chi connectivity index (χ2v) is 11.1. The molecule has 0 saturated heterocycles. The van der Waals surface area contributed by atoms with Crippen LogP contribution in [0.1, 0.15) is 22.7 Å². The van der Waals surface area contributed by atoms with Crippen LogP contribution in [0.15, 0.2) is 169 Å². The maximum absolute atomic E-state index is 5.19. The summed E-state index contributed by atoms with van der Waals surface area (Å²) >= 11 is 0. The Bertz CT molecular complexity index is 2140. The highest BCUT2D eigenvalue weighted by atomic mass is 15.0. The molecule has 0 fully saturated rings. The van der Waals surface area contributed by atoms with Gasteiger partial charge in [0, 0.05) is 18.0 Å². The van der Waals surface area contributed by atoms with Crippen molar-refractivity contribution in [1.82, 2.24) is 10.3 Å². The zero-order valence-corrected chi connectivity index (χ0v) is 24.1. The van der Waals surface area contributed by atoms with Gasteiger partial charge in [0.2, 0.25) is 0 Å². The first-order valence-corrected chi connectivity index (χ1v) is 14.9. The number of amidine groups is 1. The second-order valence-electron chi connectivity index (χ2n) is 11.1. The number of benzene rings is 6. The summed E-state index contributed by atoms with van der Waals surface area (Å²) in [4.78, 5) is 9.53. The fourth-order valence-electron chi connectivity index (χ4n) is 6.23. The molecule has 2 heterocycles. The zero-order chi connectivity index (χ0) is 29.3. The monoisotopic (exact) mass is 563 g/mol. The molecule has 0 bridgehead atoms. The van der Waals surface area contributed by atoms with Crippen LogP contribution < -0.4 is 5.32 Å². The summed E-state index contributed by atoms with van der Waals surface area (Å²) in [6.07, 6.45) is 5.94. The van der Waals surface area contributed by atoms with Crippen molar-refractivity contribution >= 4 is 33.1 Å². The highest BCUT2D eigenvalue weighted by Gasteiger charge is 2.21. The molecule has 7 aromatic rings. The first kappa shape index (κ1) is 25.9. The molecule has 3 heteroatoms. The Morgan fingerprint density at radius 1 is 0.500 bits per heavy atom. The van der Waals surface area contributed by atoms with Crippen LogP contribution in [-0.2, 0) is 0 Å². The predicted molar refractivity (Wildman–Crippen MR) is 183 cm³/mol. The summed E-state index contributed by atoms with van der Waals surface area (Å²) in [5.74, 6) is 0.856. The molecule has 1 N–H and O–H groups in total. The van der Waals surface area contributed by atoms with Crippen molar-refractivity contribution in [2.75, 3.05) is 0 Å². The molecule has 0 spiro atoms. The van der Waals surface area contributed by atoms with Crippen molar-refractivity contribution in [3.8, 4) is 22.3 Å². The average Bonchev–Trinajstić information content (AvgIpc) is 3.11. The molecule has 0 aliphatic carbocycles. The molecule has 1 aliphatic heterocycles. The molecule has 0 amide bonds. The summed E-state index contributed by atoms with van der Waals surface area (Å²) in [7, 11) is 0. The third kappa shape index (κ3) is 4.85. The van der Waals surface area contributed by atoms with Crippen molar-refractivity contribution in [3.05, 3.63) is 181 Å². The minimum absolute atomic E-state index is 0.0589. The molecule has 0 saturated carbocycles. The van der Waals surface area contributed by atoms with Crippen LogP contribution in [0, 0.1) is 0 Å². The molecule has 1 aliphatic rings. The number of hydrogen-bond acceptors (Lipinski definition) is 3. The van der Waals surface area contributed by atoms with Crippen molar-refractivity contribution in [3.63, 3.8) is 0 Å². The summed E-state index contributed by atoms with van der Waals surface area (Å²) in [6.45, 7) is 0. The van der Waals surface area contributed by atoms with E-state index in [0.29, 0.717) is 0 Å². The van der Waals surface area contributed by atoms with E-state index in [-0.39, 0.29) is 6.04 Å². The molecule has 6 aromatic carbocycles. The number of aliphatic imine (C=N–C) groups is 1. The number of pyridine rings is 1. The Morgan fingerprint density at radius 2 is 1.16 bits per heavy atom. The van der Waals surface area contributed by atoms with Crippen LogP contribution >= 0.6 is 0 Å². The Hall–Kier alpha value is -5.80. The van der Waals surface area contributed by atoms with Crippen LogP contribution in [-0.4, -0.2) is 10.8 Å². The Labute approximate surface area is 256 Å². The normalized spacial score (nSPS) is 14.6. The average molecular weight is 564 g/mol. The van der Waals surface area contributed by atoms with E-state index in [1.807, 2.05) is 24.5 Å². The minimum Gasteiger partial charge on any atom is -0.359 e. The molecule has 44 heavy (non-hydrogen) atoms. The molecule has 1 aromatic heterocycles. The van der Waals surface area contributed by atoms with E-state index in [0.717, 1.165) is 33.8 Å². The molecule has 3 nitrogen and oxygen atoms in total. The lowest BCUT2D eigenvalue weighted by molar-refractivity contribution is 0.781. The molecule has 208 valence electrons. The van der Waals surface area contributed by atoms with Crippen LogP contribution in [0.4, 0.5) is 0 Å². The molecule has 1 unspecified atom stereocenters. The quantitative estimate of drug-likeness (QED) is 0.212. The van der Waals surface area contributed by atoms with Gasteiger partial charge in [0.15, 0.2) is 0 Å². The Morgan fingerprint density at radius 3 is 1.93 bits per heavy atom. The maximum Gasteiger partial charge on any atom is 0.134 e. The number of nitrogens with zero attached hydrogens (tertiary/aromatic N) is 2. The van der Waals surface area contributed by atoms with Gasteiger partial charge in [0.25, 0.3) is 0 Å². The predicted octanol–water partition coefficient (Wildman–Crippen LogP) is 9.85. The van der Waals surface area contributed by atoms with Gasteiger partial charge in [-0.25, -0.2) is 4.99 Å². The SMILES string of the molecule is C1=C(c2ccccc2)N=C(c2cccc(-c3c4ccccc4cc4ccccc34)c2)NC1c1cccc(-c2cccnc2)c1. The maximum atomic E-state index is 5.19. The van der Waals surface area contributed by atoms with Gasteiger partial charge in [0.05, 0.1) is 11.7 Å². The van der Waals surface area contributed by atoms with Crippen molar-refractivity contribution in [2.24, 2.45) is 4.99 Å². The molecule has 8 rings (SSSR count). The number of fused-ring (bicyclic) bond motifs is 2. The van der Waals surface area contributed by atoms with Crippen molar-refractivity contribution in [1.29, 1.82) is 0 Å². The number of rotatable bonds is 5. The van der Waals surface area contributed by atoms with Gasteiger partial charge in [-0.3, -0.25) is 4.98 Å². The smallest absolute Gasteiger partial charge is 0.134 e. The molecule has 1 atom stereocenters. The van der Waals surface area contributed by atoms with Gasteiger partial charge < -0.3 is 5.32 Å². The Kier molecular flexibility index (Phi) is 6.54. The Balaban J connectivity index is 1.25. The fraction of sp³-hybridized carbons (Fsp3) is 0.0244. The van der Waals surface area contributed by atoms with Gasteiger partial charge in [-0.05, 0) is 85.3 Å². The van der Waals surface area contributed by atoms with E-state index in [1.54, 1.807) is 0 Å². The van der Waals surface area contributed by atoms with Gasteiger partial charge in [-0.1, -0.05) is 121 Å².